The second-order valence-corrected chi connectivity index (χ2v) is 18.0. The Balaban J connectivity index is 0.766. The predicted molar refractivity (Wildman–Crippen MR) is 288 cm³/mol. The molecule has 0 saturated heterocycles. The van der Waals surface area contributed by atoms with Crippen molar-refractivity contribution < 1.29 is 76.1 Å². The van der Waals surface area contributed by atoms with Crippen molar-refractivity contribution in [1.82, 2.24) is 30.0 Å². The predicted octanol–water partition coefficient (Wildman–Crippen LogP) is 1.64. The minimum Gasteiger partial charge on any atom is -0.387 e. The summed E-state index contributed by atoms with van der Waals surface area (Å²) in [5.74, 6) is -1.71. The summed E-state index contributed by atoms with van der Waals surface area (Å²) in [5, 5.41) is 5.48. The van der Waals surface area contributed by atoms with Crippen molar-refractivity contribution in [2.75, 3.05) is 170 Å². The molecule has 0 atom stereocenters. The van der Waals surface area contributed by atoms with E-state index in [0.29, 0.717) is 174 Å². The third-order valence-electron chi connectivity index (χ3n) is 11.9. The lowest BCUT2D eigenvalue weighted by atomic mass is 10.0. The minimum absolute atomic E-state index is 0.0372. The molecule has 79 heavy (non-hydrogen) atoms. The van der Waals surface area contributed by atoms with Gasteiger partial charge in [-0.2, -0.15) is 0 Å². The standard InChI is InChI=1S/C54H79N9O16/c1-3-10-61(11-4-2)54(69)41-34-46-47(60-48(55)36-41)35-42(37-57-46)53(68)59-44-33-43-39-62(12-7-45(43)58-38-44)50(65)8-13-70-15-17-72-19-21-74-23-25-76-27-29-78-31-32-79-30-28-77-26-24-75-22-20-73-18-16-71-14-9-56-49(64)40-63-51(66)5-6-52(63)67/h5-6,33-35,37-38H,3-4,7-32,36,39-40H2,1-2H3,(H2,55,60)(H,56,64)(H,59,68). The zero-order valence-corrected chi connectivity index (χ0v) is 45.8. The first kappa shape index (κ1) is 63.7. The lowest BCUT2D eigenvalue weighted by Gasteiger charge is -2.28. The lowest BCUT2D eigenvalue weighted by molar-refractivity contribution is -0.141. The Hall–Kier alpha value is -6.13. The number of pyridine rings is 2. The average molecular weight is 1110 g/mol. The third kappa shape index (κ3) is 24.4. The van der Waals surface area contributed by atoms with Gasteiger partial charge in [0.15, 0.2) is 0 Å². The fourth-order valence-electron chi connectivity index (χ4n) is 7.95. The van der Waals surface area contributed by atoms with Crippen LogP contribution in [-0.2, 0) is 84.3 Å². The van der Waals surface area contributed by atoms with Gasteiger partial charge in [-0.3, -0.25) is 43.6 Å². The second-order valence-electron chi connectivity index (χ2n) is 18.0. The molecule has 2 aromatic heterocycles. The normalized spacial score (nSPS) is 13.9. The van der Waals surface area contributed by atoms with E-state index in [4.69, 9.17) is 53.1 Å². The average Bonchev–Trinajstić information content (AvgIpc) is 3.65. The van der Waals surface area contributed by atoms with Gasteiger partial charge in [-0.05, 0) is 36.6 Å². The summed E-state index contributed by atoms with van der Waals surface area (Å²) >= 11 is 0. The van der Waals surface area contributed by atoms with Crippen LogP contribution in [0.2, 0.25) is 0 Å². The van der Waals surface area contributed by atoms with Crippen molar-refractivity contribution in [2.24, 2.45) is 10.7 Å². The summed E-state index contributed by atoms with van der Waals surface area (Å²) in [4.78, 5) is 92.6. The van der Waals surface area contributed by atoms with Crippen molar-refractivity contribution in [1.29, 1.82) is 0 Å². The van der Waals surface area contributed by atoms with E-state index in [1.807, 2.05) is 24.8 Å². The molecule has 5 rings (SSSR count). The number of hydrogen-bond acceptors (Lipinski definition) is 20. The van der Waals surface area contributed by atoms with E-state index in [1.165, 1.54) is 6.20 Å². The number of imide groups is 1. The number of fused-ring (bicyclic) bond motifs is 2. The Kier molecular flexibility index (Phi) is 30.4. The van der Waals surface area contributed by atoms with Gasteiger partial charge in [0.1, 0.15) is 12.4 Å². The highest BCUT2D eigenvalue weighted by Gasteiger charge is 2.26. The first-order valence-electron chi connectivity index (χ1n) is 27.0. The number of amidine groups is 1. The molecule has 0 aliphatic carbocycles. The molecule has 436 valence electrons. The Bertz CT molecular complexity index is 2310. The van der Waals surface area contributed by atoms with E-state index < -0.39 is 23.6 Å². The smallest absolute Gasteiger partial charge is 0.257 e. The number of anilines is 1. The molecule has 0 radical (unpaired) electrons. The lowest BCUT2D eigenvalue weighted by Crippen LogP contribution is -2.41. The Morgan fingerprint density at radius 1 is 0.658 bits per heavy atom. The molecule has 0 aromatic carbocycles. The van der Waals surface area contributed by atoms with Crippen LogP contribution in [0.25, 0.3) is 6.08 Å². The largest absolute Gasteiger partial charge is 0.387 e. The number of nitrogens with two attached hydrogens (primary N) is 1. The number of nitrogens with zero attached hydrogens (tertiary/aromatic N) is 6. The van der Waals surface area contributed by atoms with Gasteiger partial charge in [0, 0.05) is 75.2 Å². The summed E-state index contributed by atoms with van der Waals surface area (Å²) in [6.45, 7) is 14.2. The SMILES string of the molecule is CCCN(CCC)C(=O)C1=Cc2ncc(C(=O)Nc3cnc4c(c3)CN(C(=O)CCOCCOCCOCCOCCOCCOCCOCCOCCOCCOCCNC(=O)CN3C(=O)C=CC3=O)CC4)cc2N=C(N)C1. The van der Waals surface area contributed by atoms with Crippen LogP contribution >= 0.6 is 0 Å². The van der Waals surface area contributed by atoms with Crippen LogP contribution in [0.4, 0.5) is 11.4 Å². The number of amides is 6. The summed E-state index contributed by atoms with van der Waals surface area (Å²) < 4.78 is 55.1. The maximum Gasteiger partial charge on any atom is 0.257 e. The highest BCUT2D eigenvalue weighted by molar-refractivity contribution is 6.14. The van der Waals surface area contributed by atoms with Crippen LogP contribution < -0.4 is 16.4 Å². The van der Waals surface area contributed by atoms with E-state index in [0.717, 1.165) is 41.2 Å². The van der Waals surface area contributed by atoms with E-state index in [-0.39, 0.29) is 62.4 Å². The number of nitrogens with one attached hydrogen (secondary N) is 2. The first-order valence-corrected chi connectivity index (χ1v) is 27.0. The quantitative estimate of drug-likeness (QED) is 0.0629. The van der Waals surface area contributed by atoms with Crippen molar-refractivity contribution in [2.45, 2.75) is 52.5 Å². The number of carbonyl (C=O) groups is 6. The molecular weight excluding hydrogens is 1030 g/mol. The maximum absolute atomic E-state index is 13.4. The molecule has 3 aliphatic rings. The first-order chi connectivity index (χ1) is 38.6. The van der Waals surface area contributed by atoms with E-state index in [2.05, 4.69) is 25.6 Å². The maximum atomic E-state index is 13.4. The zero-order chi connectivity index (χ0) is 56.3. The molecule has 0 fully saturated rings. The van der Waals surface area contributed by atoms with Crippen LogP contribution in [0, 0.1) is 0 Å². The van der Waals surface area contributed by atoms with Crippen LogP contribution in [0.1, 0.15) is 66.8 Å². The Morgan fingerprint density at radius 3 is 1.68 bits per heavy atom. The fourth-order valence-corrected chi connectivity index (χ4v) is 7.95. The monoisotopic (exact) mass is 1110 g/mol. The number of rotatable bonds is 42. The van der Waals surface area contributed by atoms with Gasteiger partial charge in [-0.25, -0.2) is 4.99 Å². The molecular formula is C54H79N9O16. The number of hydrogen-bond donors (Lipinski definition) is 3. The minimum atomic E-state index is -0.501. The van der Waals surface area contributed by atoms with Crippen LogP contribution in [0.3, 0.4) is 0 Å². The molecule has 5 heterocycles. The van der Waals surface area contributed by atoms with Gasteiger partial charge in [0.05, 0.1) is 167 Å². The molecule has 0 unspecified atom stereocenters. The van der Waals surface area contributed by atoms with Crippen molar-refractivity contribution in [3.8, 4) is 0 Å². The number of carbonyl (C=O) groups excluding carboxylic acids is 6. The summed E-state index contributed by atoms with van der Waals surface area (Å²) in [7, 11) is 0. The third-order valence-corrected chi connectivity index (χ3v) is 11.9. The summed E-state index contributed by atoms with van der Waals surface area (Å²) in [6.07, 6.45) is 9.71. The Labute approximate surface area is 461 Å². The van der Waals surface area contributed by atoms with Crippen molar-refractivity contribution in [3.63, 3.8) is 0 Å². The van der Waals surface area contributed by atoms with Gasteiger partial charge < -0.3 is 73.5 Å². The zero-order valence-electron chi connectivity index (χ0n) is 45.8. The number of ether oxygens (including phenoxy) is 10. The summed E-state index contributed by atoms with van der Waals surface area (Å²) in [6, 6.07) is 3.44. The van der Waals surface area contributed by atoms with Gasteiger partial charge >= 0.3 is 0 Å². The van der Waals surface area contributed by atoms with Crippen molar-refractivity contribution >= 4 is 58.7 Å². The van der Waals surface area contributed by atoms with Crippen LogP contribution in [-0.4, -0.2) is 231 Å². The van der Waals surface area contributed by atoms with Gasteiger partial charge in [-0.1, -0.05) is 13.8 Å². The molecule has 0 bridgehead atoms. The molecule has 3 aliphatic heterocycles. The van der Waals surface area contributed by atoms with E-state index in [9.17, 15) is 28.8 Å². The topological polar surface area (TPSA) is 293 Å². The highest BCUT2D eigenvalue weighted by atomic mass is 16.6. The molecule has 6 amide bonds. The summed E-state index contributed by atoms with van der Waals surface area (Å²) in [5.41, 5.74) is 10.1. The van der Waals surface area contributed by atoms with Crippen LogP contribution in [0.5, 0.6) is 0 Å². The molecule has 25 heteroatoms. The number of aromatic nitrogens is 2. The molecule has 4 N–H and O–H groups in total. The Morgan fingerprint density at radius 2 is 1.16 bits per heavy atom. The van der Waals surface area contributed by atoms with Gasteiger partial charge in [-0.15, -0.1) is 0 Å². The highest BCUT2D eigenvalue weighted by Crippen LogP contribution is 2.28. The van der Waals surface area contributed by atoms with E-state index in [1.54, 1.807) is 23.2 Å². The second kappa shape index (κ2) is 37.7. The van der Waals surface area contributed by atoms with E-state index >= 15 is 0 Å². The molecule has 25 nitrogen and oxygen atoms in total. The molecule has 2 aromatic rings. The number of aliphatic imine (C=N–C) groups is 1. The van der Waals surface area contributed by atoms with Gasteiger partial charge in [0.2, 0.25) is 17.7 Å². The van der Waals surface area contributed by atoms with Crippen LogP contribution in [0.15, 0.2) is 47.2 Å². The van der Waals surface area contributed by atoms with Crippen molar-refractivity contribution in [3.05, 3.63) is 64.8 Å². The van der Waals surface area contributed by atoms with Gasteiger partial charge in [0.25, 0.3) is 17.7 Å². The molecule has 0 spiro atoms. The fraction of sp³-hybridized carbons (Fsp3) is 0.611. The molecule has 0 saturated carbocycles.